The van der Waals surface area contributed by atoms with Gasteiger partial charge in [0, 0.05) is 24.2 Å². The molecule has 2 atom stereocenters. The highest BCUT2D eigenvalue weighted by molar-refractivity contribution is 7.89. The molecule has 9 nitrogen and oxygen atoms in total. The predicted molar refractivity (Wildman–Crippen MR) is 126 cm³/mol. The zero-order valence-electron chi connectivity index (χ0n) is 20.8. The Hall–Kier alpha value is -2.46. The average molecular weight is 484 g/mol. The maximum atomic E-state index is 12.9. The van der Waals surface area contributed by atoms with Crippen molar-refractivity contribution in [2.45, 2.75) is 78.0 Å². The third kappa shape index (κ3) is 8.12. The number of carbonyl (C=O) groups excluding carboxylic acids is 3. The third-order valence-electron chi connectivity index (χ3n) is 4.81. The lowest BCUT2D eigenvalue weighted by atomic mass is 10.0. The van der Waals surface area contributed by atoms with Crippen molar-refractivity contribution in [2.24, 2.45) is 5.92 Å². The van der Waals surface area contributed by atoms with Crippen molar-refractivity contribution >= 4 is 27.8 Å². The number of nitrogens with one attached hydrogen (secondary N) is 2. The molecule has 2 amide bonds. The molecule has 0 saturated carbocycles. The first-order valence-corrected chi connectivity index (χ1v) is 12.5. The zero-order valence-corrected chi connectivity index (χ0v) is 21.6. The summed E-state index contributed by atoms with van der Waals surface area (Å²) in [6.45, 7) is 14.4. The maximum Gasteiger partial charge on any atom is 0.329 e. The van der Waals surface area contributed by atoms with Crippen LogP contribution in [0.15, 0.2) is 29.2 Å². The molecule has 0 saturated heterocycles. The lowest BCUT2D eigenvalue weighted by Gasteiger charge is -2.26. The van der Waals surface area contributed by atoms with Gasteiger partial charge in [0.2, 0.25) is 10.0 Å². The molecule has 1 aromatic carbocycles. The van der Waals surface area contributed by atoms with Crippen molar-refractivity contribution in [3.63, 3.8) is 0 Å². The number of esters is 1. The van der Waals surface area contributed by atoms with E-state index in [0.29, 0.717) is 13.1 Å². The molecule has 0 aromatic heterocycles. The first-order chi connectivity index (χ1) is 15.1. The van der Waals surface area contributed by atoms with Gasteiger partial charge in [-0.1, -0.05) is 33.8 Å². The number of rotatable bonds is 10. The largest absolute Gasteiger partial charge is 0.451 e. The number of ether oxygens (including phenoxy) is 1. The summed E-state index contributed by atoms with van der Waals surface area (Å²) in [6, 6.07) is 4.63. The molecule has 1 unspecified atom stereocenters. The second-order valence-electron chi connectivity index (χ2n) is 9.13. The molecule has 2 N–H and O–H groups in total. The van der Waals surface area contributed by atoms with Crippen molar-refractivity contribution in [1.29, 1.82) is 0 Å². The molecule has 10 heteroatoms. The minimum atomic E-state index is -3.74. The van der Waals surface area contributed by atoms with Gasteiger partial charge < -0.3 is 15.4 Å². The van der Waals surface area contributed by atoms with Crippen molar-refractivity contribution < 1.29 is 27.5 Å². The molecule has 186 valence electrons. The number of benzene rings is 1. The highest BCUT2D eigenvalue weighted by Gasteiger charge is 2.31. The lowest BCUT2D eigenvalue weighted by Crippen LogP contribution is -2.50. The van der Waals surface area contributed by atoms with Crippen LogP contribution in [0.1, 0.15) is 65.7 Å². The molecule has 0 radical (unpaired) electrons. The Kier molecular flexibility index (Phi) is 10.0. The van der Waals surface area contributed by atoms with Gasteiger partial charge in [-0.05, 0) is 51.8 Å². The van der Waals surface area contributed by atoms with Crippen LogP contribution in [0.2, 0.25) is 0 Å². The van der Waals surface area contributed by atoms with Crippen LogP contribution in [-0.2, 0) is 24.3 Å². The molecule has 0 spiro atoms. The van der Waals surface area contributed by atoms with Gasteiger partial charge >= 0.3 is 5.97 Å². The second kappa shape index (κ2) is 11.6. The van der Waals surface area contributed by atoms with Gasteiger partial charge in [-0.25, -0.2) is 13.2 Å². The summed E-state index contributed by atoms with van der Waals surface area (Å²) < 4.78 is 32.1. The highest BCUT2D eigenvalue weighted by atomic mass is 32.2. The van der Waals surface area contributed by atoms with Crippen LogP contribution in [-0.4, -0.2) is 61.3 Å². The van der Waals surface area contributed by atoms with Crippen molar-refractivity contribution in [2.75, 3.05) is 13.1 Å². The fourth-order valence-electron chi connectivity index (χ4n) is 3.00. The zero-order chi connectivity index (χ0) is 25.6. The Labute approximate surface area is 197 Å². The molecular formula is C23H37N3O6S. The van der Waals surface area contributed by atoms with E-state index in [2.05, 4.69) is 10.6 Å². The van der Waals surface area contributed by atoms with E-state index in [-0.39, 0.29) is 16.4 Å². The van der Waals surface area contributed by atoms with Gasteiger partial charge in [-0.15, -0.1) is 0 Å². The van der Waals surface area contributed by atoms with E-state index in [9.17, 15) is 22.8 Å². The highest BCUT2D eigenvalue weighted by Crippen LogP contribution is 2.17. The Morgan fingerprint density at radius 2 is 1.64 bits per heavy atom. The second-order valence-corrected chi connectivity index (χ2v) is 11.1. The normalized spacial score (nSPS) is 14.0. The number of nitrogens with zero attached hydrogens (tertiary/aromatic N) is 1. The summed E-state index contributed by atoms with van der Waals surface area (Å²) in [7, 11) is -3.74. The van der Waals surface area contributed by atoms with E-state index >= 15 is 0 Å². The summed E-state index contributed by atoms with van der Waals surface area (Å²) in [5, 5.41) is 5.34. The predicted octanol–water partition coefficient (Wildman–Crippen LogP) is 2.32. The third-order valence-corrected chi connectivity index (χ3v) is 6.85. The Morgan fingerprint density at radius 1 is 1.06 bits per heavy atom. The monoisotopic (exact) mass is 483 g/mol. The topological polar surface area (TPSA) is 122 Å². The van der Waals surface area contributed by atoms with Crippen LogP contribution in [0.5, 0.6) is 0 Å². The van der Waals surface area contributed by atoms with Gasteiger partial charge in [0.05, 0.1) is 4.90 Å². The summed E-state index contributed by atoms with van der Waals surface area (Å²) in [4.78, 5) is 37.8. The van der Waals surface area contributed by atoms with E-state index in [1.54, 1.807) is 27.7 Å². The first kappa shape index (κ1) is 28.6. The van der Waals surface area contributed by atoms with Crippen LogP contribution in [0.4, 0.5) is 0 Å². The van der Waals surface area contributed by atoms with Crippen LogP contribution in [0, 0.1) is 5.92 Å². The lowest BCUT2D eigenvalue weighted by molar-refractivity contribution is -0.158. The summed E-state index contributed by atoms with van der Waals surface area (Å²) >= 11 is 0. The summed E-state index contributed by atoms with van der Waals surface area (Å²) in [6.07, 6.45) is -1.04. The van der Waals surface area contributed by atoms with Gasteiger partial charge in [-0.2, -0.15) is 4.31 Å². The Balaban J connectivity index is 3.03. The van der Waals surface area contributed by atoms with E-state index < -0.39 is 45.5 Å². The fraction of sp³-hybridized carbons (Fsp3) is 0.609. The Morgan fingerprint density at radius 3 is 2.12 bits per heavy atom. The molecule has 0 bridgehead atoms. The van der Waals surface area contributed by atoms with Crippen LogP contribution < -0.4 is 10.6 Å². The molecule has 1 aromatic rings. The standard InChI is InChI=1S/C23H37N3O6S/c1-9-26(10-2)33(30,31)18-13-11-12-17(14-18)21(28)24-19(15(3)4)22(29)32-16(5)20(27)25-23(6,7)8/h11-16,19H,9-10H2,1-8H3,(H,24,28)(H,25,27)/t16?,19-/m0/s1. The van der Waals surface area contributed by atoms with Crippen LogP contribution in [0.3, 0.4) is 0 Å². The number of hydrogen-bond acceptors (Lipinski definition) is 6. The van der Waals surface area contributed by atoms with Crippen molar-refractivity contribution in [3.8, 4) is 0 Å². The number of sulfonamides is 1. The maximum absolute atomic E-state index is 12.9. The fourth-order valence-corrected chi connectivity index (χ4v) is 4.51. The van der Waals surface area contributed by atoms with E-state index in [4.69, 9.17) is 4.74 Å². The van der Waals surface area contributed by atoms with E-state index in [0.717, 1.165) is 0 Å². The number of carbonyl (C=O) groups is 3. The Bertz CT molecular complexity index is 949. The molecule has 33 heavy (non-hydrogen) atoms. The molecule has 0 aliphatic carbocycles. The molecular weight excluding hydrogens is 446 g/mol. The van der Waals surface area contributed by atoms with E-state index in [1.807, 2.05) is 20.8 Å². The molecule has 0 heterocycles. The summed E-state index contributed by atoms with van der Waals surface area (Å²) in [5.74, 6) is -2.14. The molecule has 0 aliphatic heterocycles. The minimum Gasteiger partial charge on any atom is -0.451 e. The SMILES string of the molecule is CCN(CC)S(=O)(=O)c1cccc(C(=O)N[C@H](C(=O)OC(C)C(=O)NC(C)(C)C)C(C)C)c1. The van der Waals surface area contributed by atoms with Crippen molar-refractivity contribution in [1.82, 2.24) is 14.9 Å². The van der Waals surface area contributed by atoms with Gasteiger partial charge in [0.1, 0.15) is 6.04 Å². The summed E-state index contributed by atoms with van der Waals surface area (Å²) in [5.41, 5.74) is -0.389. The first-order valence-electron chi connectivity index (χ1n) is 11.1. The minimum absolute atomic E-state index is 0.00463. The number of amides is 2. The van der Waals surface area contributed by atoms with Gasteiger partial charge in [-0.3, -0.25) is 9.59 Å². The smallest absolute Gasteiger partial charge is 0.329 e. The van der Waals surface area contributed by atoms with Crippen molar-refractivity contribution in [3.05, 3.63) is 29.8 Å². The molecule has 1 rings (SSSR count). The van der Waals surface area contributed by atoms with E-state index in [1.165, 1.54) is 35.5 Å². The number of hydrogen-bond donors (Lipinski definition) is 2. The van der Waals surface area contributed by atoms with Gasteiger partial charge in [0.15, 0.2) is 6.10 Å². The van der Waals surface area contributed by atoms with Gasteiger partial charge in [0.25, 0.3) is 11.8 Å². The van der Waals surface area contributed by atoms with Crippen LogP contribution in [0.25, 0.3) is 0 Å². The molecule has 0 aliphatic rings. The molecule has 0 fully saturated rings. The quantitative estimate of drug-likeness (QED) is 0.493. The average Bonchev–Trinajstić information content (AvgIpc) is 2.70. The van der Waals surface area contributed by atoms with Crippen LogP contribution >= 0.6 is 0 Å².